The van der Waals surface area contributed by atoms with Crippen LogP contribution in [0.1, 0.15) is 42.9 Å². The van der Waals surface area contributed by atoms with Gasteiger partial charge >= 0.3 is 0 Å². The summed E-state index contributed by atoms with van der Waals surface area (Å²) in [4.78, 5) is 0. The summed E-state index contributed by atoms with van der Waals surface area (Å²) in [5, 5.41) is 23.9. The first-order valence-corrected chi connectivity index (χ1v) is 8.28. The molecule has 2 aromatic rings. The molecule has 0 aliphatic rings. The monoisotopic (exact) mass is 333 g/mol. The first kappa shape index (κ1) is 18.4. The standard InChI is InChI=1S/C19H27NO4/c1-5-8-23-16-7-6-15(18(21)10-16)11-20-12-19(4,22)17-9-13(2)24-14(17)3/h6-7,9-10,20-22H,5,8,11-12H2,1-4H3. The van der Waals surface area contributed by atoms with Gasteiger partial charge in [-0.25, -0.2) is 0 Å². The number of hydrogen-bond donors (Lipinski definition) is 3. The lowest BCUT2D eigenvalue weighted by Crippen LogP contribution is -2.35. The van der Waals surface area contributed by atoms with Crippen molar-refractivity contribution in [3.63, 3.8) is 0 Å². The molecule has 0 amide bonds. The van der Waals surface area contributed by atoms with E-state index in [-0.39, 0.29) is 5.75 Å². The average Bonchev–Trinajstić information content (AvgIpc) is 2.86. The van der Waals surface area contributed by atoms with Crippen molar-refractivity contribution >= 4 is 0 Å². The average molecular weight is 333 g/mol. The zero-order valence-corrected chi connectivity index (χ0v) is 14.8. The van der Waals surface area contributed by atoms with Gasteiger partial charge in [0, 0.05) is 30.3 Å². The Kier molecular flexibility index (Phi) is 5.91. The number of rotatable bonds is 8. The maximum Gasteiger partial charge on any atom is 0.123 e. The number of aromatic hydroxyl groups is 1. The predicted octanol–water partition coefficient (Wildman–Crippen LogP) is 3.39. The van der Waals surface area contributed by atoms with Crippen LogP contribution in [0, 0.1) is 13.8 Å². The van der Waals surface area contributed by atoms with E-state index in [4.69, 9.17) is 9.15 Å². The van der Waals surface area contributed by atoms with Crippen molar-refractivity contribution in [3.05, 3.63) is 46.9 Å². The summed E-state index contributed by atoms with van der Waals surface area (Å²) in [5.74, 6) is 2.35. The van der Waals surface area contributed by atoms with Gasteiger partial charge in [0.25, 0.3) is 0 Å². The van der Waals surface area contributed by atoms with E-state index in [1.165, 1.54) is 0 Å². The van der Waals surface area contributed by atoms with E-state index in [1.807, 2.05) is 39.0 Å². The highest BCUT2D eigenvalue weighted by atomic mass is 16.5. The highest BCUT2D eigenvalue weighted by molar-refractivity contribution is 5.39. The quantitative estimate of drug-likeness (QED) is 0.690. The fourth-order valence-corrected chi connectivity index (χ4v) is 2.70. The molecule has 0 bridgehead atoms. The molecule has 5 heteroatoms. The Morgan fingerprint density at radius 3 is 2.58 bits per heavy atom. The SMILES string of the molecule is CCCOc1ccc(CNCC(C)(O)c2cc(C)oc2C)c(O)c1. The molecule has 2 rings (SSSR count). The molecule has 5 nitrogen and oxygen atoms in total. The summed E-state index contributed by atoms with van der Waals surface area (Å²) in [6.07, 6.45) is 0.923. The van der Waals surface area contributed by atoms with E-state index < -0.39 is 5.60 Å². The molecule has 1 aromatic heterocycles. The molecule has 0 spiro atoms. The molecule has 132 valence electrons. The third-order valence-electron chi connectivity index (χ3n) is 3.94. The number of ether oxygens (including phenoxy) is 1. The lowest BCUT2D eigenvalue weighted by atomic mass is 9.96. The molecule has 1 atom stereocenters. The molecule has 1 aromatic carbocycles. The van der Waals surface area contributed by atoms with Gasteiger partial charge in [0.2, 0.25) is 0 Å². The summed E-state index contributed by atoms with van der Waals surface area (Å²) in [7, 11) is 0. The Morgan fingerprint density at radius 1 is 1.25 bits per heavy atom. The van der Waals surface area contributed by atoms with Crippen molar-refractivity contribution in [1.82, 2.24) is 5.32 Å². The van der Waals surface area contributed by atoms with Crippen molar-refractivity contribution in [2.75, 3.05) is 13.2 Å². The molecule has 1 heterocycles. The molecule has 0 saturated carbocycles. The van der Waals surface area contributed by atoms with Crippen LogP contribution < -0.4 is 10.1 Å². The minimum atomic E-state index is -1.04. The Balaban J connectivity index is 1.95. The van der Waals surface area contributed by atoms with E-state index in [2.05, 4.69) is 5.32 Å². The summed E-state index contributed by atoms with van der Waals surface area (Å²) in [6.45, 7) is 8.92. The van der Waals surface area contributed by atoms with Crippen LogP contribution in [0.3, 0.4) is 0 Å². The van der Waals surface area contributed by atoms with Gasteiger partial charge in [0.1, 0.15) is 28.6 Å². The summed E-state index contributed by atoms with van der Waals surface area (Å²) in [6, 6.07) is 7.14. The molecular formula is C19H27NO4. The van der Waals surface area contributed by atoms with Crippen LogP contribution >= 0.6 is 0 Å². The van der Waals surface area contributed by atoms with Crippen LogP contribution in [0.15, 0.2) is 28.7 Å². The second-order valence-electron chi connectivity index (χ2n) is 6.34. The van der Waals surface area contributed by atoms with Crippen molar-refractivity contribution in [3.8, 4) is 11.5 Å². The van der Waals surface area contributed by atoms with Crippen molar-refractivity contribution in [1.29, 1.82) is 0 Å². The topological polar surface area (TPSA) is 74.9 Å². The van der Waals surface area contributed by atoms with E-state index >= 15 is 0 Å². The van der Waals surface area contributed by atoms with Gasteiger partial charge in [0.05, 0.1) is 6.61 Å². The first-order valence-electron chi connectivity index (χ1n) is 8.28. The van der Waals surface area contributed by atoms with E-state index in [1.54, 1.807) is 13.0 Å². The maximum atomic E-state index is 10.7. The van der Waals surface area contributed by atoms with Crippen molar-refractivity contribution in [2.45, 2.75) is 46.3 Å². The van der Waals surface area contributed by atoms with Crippen molar-refractivity contribution in [2.24, 2.45) is 0 Å². The molecule has 0 aliphatic carbocycles. The van der Waals surface area contributed by atoms with Crippen LogP contribution in [0.5, 0.6) is 11.5 Å². The smallest absolute Gasteiger partial charge is 0.123 e. The highest BCUT2D eigenvalue weighted by Gasteiger charge is 2.27. The number of benzene rings is 1. The fraction of sp³-hybridized carbons (Fsp3) is 0.474. The molecule has 0 saturated heterocycles. The van der Waals surface area contributed by atoms with Gasteiger partial charge in [-0.1, -0.05) is 13.0 Å². The minimum absolute atomic E-state index is 0.186. The molecule has 0 radical (unpaired) electrons. The normalized spacial score (nSPS) is 13.7. The van der Waals surface area contributed by atoms with Crippen LogP contribution in [-0.2, 0) is 12.1 Å². The third kappa shape index (κ3) is 4.52. The number of phenolic OH excluding ortho intramolecular Hbond substituents is 1. The summed E-state index contributed by atoms with van der Waals surface area (Å²) < 4.78 is 11.0. The van der Waals surface area contributed by atoms with Gasteiger partial charge in [0.15, 0.2) is 0 Å². The van der Waals surface area contributed by atoms with Crippen molar-refractivity contribution < 1.29 is 19.4 Å². The number of hydrogen-bond acceptors (Lipinski definition) is 5. The molecular weight excluding hydrogens is 306 g/mol. The third-order valence-corrected chi connectivity index (χ3v) is 3.94. The fourth-order valence-electron chi connectivity index (χ4n) is 2.70. The summed E-state index contributed by atoms with van der Waals surface area (Å²) >= 11 is 0. The Morgan fingerprint density at radius 2 is 2.00 bits per heavy atom. The number of aryl methyl sites for hydroxylation is 2. The maximum absolute atomic E-state index is 10.7. The second-order valence-corrected chi connectivity index (χ2v) is 6.34. The Hall–Kier alpha value is -1.98. The number of furan rings is 1. The highest BCUT2D eigenvalue weighted by Crippen LogP contribution is 2.27. The van der Waals surface area contributed by atoms with Gasteiger partial charge in [-0.15, -0.1) is 0 Å². The van der Waals surface area contributed by atoms with Crippen LogP contribution in [-0.4, -0.2) is 23.4 Å². The minimum Gasteiger partial charge on any atom is -0.507 e. The number of phenols is 1. The Labute approximate surface area is 143 Å². The van der Waals surface area contributed by atoms with E-state index in [9.17, 15) is 10.2 Å². The number of nitrogens with one attached hydrogen (secondary N) is 1. The molecule has 1 unspecified atom stereocenters. The van der Waals surface area contributed by atoms with Gasteiger partial charge < -0.3 is 24.7 Å². The zero-order valence-electron chi connectivity index (χ0n) is 14.8. The predicted molar refractivity (Wildman–Crippen MR) is 93.4 cm³/mol. The van der Waals surface area contributed by atoms with E-state index in [0.717, 1.165) is 29.1 Å². The molecule has 0 fully saturated rings. The lowest BCUT2D eigenvalue weighted by Gasteiger charge is -2.23. The largest absolute Gasteiger partial charge is 0.507 e. The van der Waals surface area contributed by atoms with Gasteiger partial charge in [-0.05, 0) is 39.3 Å². The second kappa shape index (κ2) is 7.73. The van der Waals surface area contributed by atoms with Crippen LogP contribution in [0.2, 0.25) is 0 Å². The van der Waals surface area contributed by atoms with Crippen LogP contribution in [0.25, 0.3) is 0 Å². The molecule has 3 N–H and O–H groups in total. The van der Waals surface area contributed by atoms with Gasteiger partial charge in [-0.3, -0.25) is 0 Å². The molecule has 0 aliphatic heterocycles. The Bertz CT molecular complexity index is 676. The summed E-state index contributed by atoms with van der Waals surface area (Å²) in [5.41, 5.74) is 0.497. The zero-order chi connectivity index (χ0) is 17.7. The van der Waals surface area contributed by atoms with E-state index in [0.29, 0.717) is 25.4 Å². The number of aliphatic hydroxyl groups is 1. The lowest BCUT2D eigenvalue weighted by molar-refractivity contribution is 0.0551. The first-order chi connectivity index (χ1) is 11.3. The molecule has 24 heavy (non-hydrogen) atoms. The van der Waals surface area contributed by atoms with Gasteiger partial charge in [-0.2, -0.15) is 0 Å². The van der Waals surface area contributed by atoms with Crippen LogP contribution in [0.4, 0.5) is 0 Å².